The molecule has 2 aliphatic rings. The van der Waals surface area contributed by atoms with Gasteiger partial charge in [0, 0.05) is 41.3 Å². The van der Waals surface area contributed by atoms with Gasteiger partial charge in [0.15, 0.2) is 5.69 Å². The second-order valence-corrected chi connectivity index (χ2v) is 9.86. The molecule has 0 saturated heterocycles. The summed E-state index contributed by atoms with van der Waals surface area (Å²) in [7, 11) is 2.03. The van der Waals surface area contributed by atoms with E-state index < -0.39 is 5.91 Å². The number of nitrogens with two attached hydrogens (primary N) is 1. The number of nitrogens with zero attached hydrogens (tertiary/aromatic N) is 4. The summed E-state index contributed by atoms with van der Waals surface area (Å²) in [6.45, 7) is 2.12. The Morgan fingerprint density at radius 3 is 2.57 bits per heavy atom. The van der Waals surface area contributed by atoms with E-state index in [4.69, 9.17) is 17.3 Å². The van der Waals surface area contributed by atoms with Gasteiger partial charge in [0.2, 0.25) is 0 Å². The van der Waals surface area contributed by atoms with Crippen LogP contribution in [0, 0.1) is 0 Å². The molecule has 1 aromatic heterocycles. The average molecular weight is 494 g/mol. The number of carbonyl (C=O) groups excluding carboxylic acids is 2. The number of hydrogen-bond donors (Lipinski definition) is 2. The Morgan fingerprint density at radius 1 is 1.20 bits per heavy atom. The van der Waals surface area contributed by atoms with E-state index in [2.05, 4.69) is 22.1 Å². The number of primary amides is 1. The van der Waals surface area contributed by atoms with E-state index >= 15 is 0 Å². The summed E-state index contributed by atoms with van der Waals surface area (Å²) in [6.07, 6.45) is 2.70. The summed E-state index contributed by atoms with van der Waals surface area (Å²) in [5, 5.41) is 14.1. The van der Waals surface area contributed by atoms with Crippen molar-refractivity contribution >= 4 is 29.1 Å². The zero-order chi connectivity index (χ0) is 24.7. The summed E-state index contributed by atoms with van der Waals surface area (Å²) < 4.78 is 1.47. The highest BCUT2D eigenvalue weighted by Crippen LogP contribution is 2.49. The van der Waals surface area contributed by atoms with Crippen LogP contribution in [0.2, 0.25) is 5.02 Å². The molecule has 1 aliphatic carbocycles. The zero-order valence-electron chi connectivity index (χ0n) is 19.6. The molecule has 9 heteroatoms. The molecule has 0 atom stereocenters. The maximum Gasteiger partial charge on any atom is 0.277 e. The number of halogens is 1. The molecule has 1 fully saturated rings. The van der Waals surface area contributed by atoms with Crippen molar-refractivity contribution in [2.45, 2.75) is 24.7 Å². The average Bonchev–Trinajstić information content (AvgIpc) is 3.49. The van der Waals surface area contributed by atoms with Crippen LogP contribution in [0.4, 0.5) is 5.69 Å². The van der Waals surface area contributed by atoms with Crippen LogP contribution >= 0.6 is 11.6 Å². The second-order valence-electron chi connectivity index (χ2n) is 9.43. The fourth-order valence-electron chi connectivity index (χ4n) is 5.05. The van der Waals surface area contributed by atoms with Crippen molar-refractivity contribution in [3.63, 3.8) is 0 Å². The standard InChI is InChI=1S/C26H28ClN5O3/c1-30(13-14-33)16-26(10-11-26)17-5-7-19(8-6-17)31-12-9-21-22(24(28)34)29-32(23(21)25(31)35)20-4-2-3-18(27)15-20/h2-8,15,33H,9-14,16H2,1H3,(H2,28,34). The van der Waals surface area contributed by atoms with Gasteiger partial charge in [-0.15, -0.1) is 0 Å². The lowest BCUT2D eigenvalue weighted by Gasteiger charge is -2.28. The van der Waals surface area contributed by atoms with Gasteiger partial charge in [-0.1, -0.05) is 29.8 Å². The Morgan fingerprint density at radius 2 is 1.94 bits per heavy atom. The minimum absolute atomic E-state index is 0.114. The Labute approximate surface area is 208 Å². The van der Waals surface area contributed by atoms with Crippen LogP contribution in [0.15, 0.2) is 48.5 Å². The van der Waals surface area contributed by atoms with Crippen molar-refractivity contribution in [3.8, 4) is 5.69 Å². The predicted octanol–water partition coefficient (Wildman–Crippen LogP) is 2.78. The number of carbonyl (C=O) groups is 2. The summed E-state index contributed by atoms with van der Waals surface area (Å²) in [4.78, 5) is 29.6. The lowest BCUT2D eigenvalue weighted by molar-refractivity contribution is 0.0972. The van der Waals surface area contributed by atoms with Gasteiger partial charge in [-0.05, 0) is 62.2 Å². The van der Waals surface area contributed by atoms with E-state index in [0.717, 1.165) is 25.1 Å². The van der Waals surface area contributed by atoms with Gasteiger partial charge in [0.1, 0.15) is 5.69 Å². The second kappa shape index (κ2) is 9.11. The molecule has 3 aromatic rings. The first-order valence-electron chi connectivity index (χ1n) is 11.7. The highest BCUT2D eigenvalue weighted by molar-refractivity contribution is 6.30. The van der Waals surface area contributed by atoms with Crippen molar-refractivity contribution in [1.82, 2.24) is 14.7 Å². The number of aromatic nitrogens is 2. The molecular weight excluding hydrogens is 466 g/mol. The zero-order valence-corrected chi connectivity index (χ0v) is 20.3. The molecule has 2 amide bonds. The fraction of sp³-hybridized carbons (Fsp3) is 0.346. The Hall–Kier alpha value is -3.20. The van der Waals surface area contributed by atoms with E-state index in [0.29, 0.717) is 41.5 Å². The molecule has 0 unspecified atom stereocenters. The first kappa shape index (κ1) is 23.5. The minimum atomic E-state index is -0.659. The van der Waals surface area contributed by atoms with E-state index in [-0.39, 0.29) is 23.6 Å². The monoisotopic (exact) mass is 493 g/mol. The third-order valence-electron chi connectivity index (χ3n) is 7.00. The van der Waals surface area contributed by atoms with Crippen LogP contribution in [-0.4, -0.2) is 64.9 Å². The molecule has 1 aliphatic heterocycles. The van der Waals surface area contributed by atoms with E-state index in [1.54, 1.807) is 29.2 Å². The van der Waals surface area contributed by atoms with Crippen molar-refractivity contribution in [1.29, 1.82) is 0 Å². The van der Waals surface area contributed by atoms with Crippen molar-refractivity contribution in [2.24, 2.45) is 5.73 Å². The molecule has 0 bridgehead atoms. The number of fused-ring (bicyclic) bond motifs is 1. The van der Waals surface area contributed by atoms with E-state index in [1.807, 2.05) is 19.2 Å². The van der Waals surface area contributed by atoms with Crippen molar-refractivity contribution < 1.29 is 14.7 Å². The Bertz CT molecular complexity index is 1280. The lowest BCUT2D eigenvalue weighted by atomic mass is 9.94. The van der Waals surface area contributed by atoms with Crippen molar-refractivity contribution in [2.75, 3.05) is 38.2 Å². The van der Waals surface area contributed by atoms with Gasteiger partial charge >= 0.3 is 0 Å². The summed E-state index contributed by atoms with van der Waals surface area (Å²) in [5.41, 5.74) is 9.35. The molecule has 0 spiro atoms. The number of aliphatic hydroxyl groups excluding tert-OH is 1. The van der Waals surface area contributed by atoms with Gasteiger partial charge < -0.3 is 20.6 Å². The van der Waals surface area contributed by atoms with Crippen LogP contribution < -0.4 is 10.6 Å². The minimum Gasteiger partial charge on any atom is -0.395 e. The molecule has 2 heterocycles. The maximum atomic E-state index is 13.7. The van der Waals surface area contributed by atoms with E-state index in [1.165, 1.54) is 10.2 Å². The van der Waals surface area contributed by atoms with Gasteiger partial charge in [-0.2, -0.15) is 5.10 Å². The molecule has 182 valence electrons. The number of amides is 2. The Kier molecular flexibility index (Phi) is 6.13. The smallest absolute Gasteiger partial charge is 0.277 e. The van der Waals surface area contributed by atoms with Crippen LogP contribution in [0.25, 0.3) is 5.69 Å². The van der Waals surface area contributed by atoms with E-state index in [9.17, 15) is 14.7 Å². The molecule has 2 aromatic carbocycles. The lowest BCUT2D eigenvalue weighted by Crippen LogP contribution is -2.39. The van der Waals surface area contributed by atoms with Crippen LogP contribution in [-0.2, 0) is 11.8 Å². The number of aliphatic hydroxyl groups is 1. The molecule has 35 heavy (non-hydrogen) atoms. The van der Waals surface area contributed by atoms with Gasteiger partial charge in [0.05, 0.1) is 12.3 Å². The summed E-state index contributed by atoms with van der Waals surface area (Å²) >= 11 is 6.17. The molecule has 3 N–H and O–H groups in total. The molecular formula is C26H28ClN5O3. The number of anilines is 1. The SMILES string of the molecule is CN(CCO)CC1(c2ccc(N3CCc4c(C(N)=O)nn(-c5cccc(Cl)c5)c4C3=O)cc2)CC1. The first-order valence-corrected chi connectivity index (χ1v) is 12.1. The number of rotatable bonds is 8. The van der Waals surface area contributed by atoms with Crippen molar-refractivity contribution in [3.05, 3.63) is 76.1 Å². The third kappa shape index (κ3) is 4.33. The van der Waals surface area contributed by atoms with Crippen LogP contribution in [0.3, 0.4) is 0 Å². The summed E-state index contributed by atoms with van der Waals surface area (Å²) in [6, 6.07) is 15.2. The molecule has 8 nitrogen and oxygen atoms in total. The topological polar surface area (TPSA) is 105 Å². The van der Waals surface area contributed by atoms with Crippen LogP contribution in [0.5, 0.6) is 0 Å². The molecule has 1 saturated carbocycles. The number of likely N-dealkylation sites (N-methyl/N-ethyl adjacent to an activating group) is 1. The highest BCUT2D eigenvalue weighted by Gasteiger charge is 2.45. The summed E-state index contributed by atoms with van der Waals surface area (Å²) in [5.74, 6) is -0.892. The maximum absolute atomic E-state index is 13.7. The highest BCUT2D eigenvalue weighted by atomic mass is 35.5. The van der Waals surface area contributed by atoms with Crippen LogP contribution in [0.1, 0.15) is 44.9 Å². The molecule has 0 radical (unpaired) electrons. The number of hydrogen-bond acceptors (Lipinski definition) is 5. The number of benzene rings is 2. The Balaban J connectivity index is 1.45. The van der Waals surface area contributed by atoms with Gasteiger partial charge in [0.25, 0.3) is 11.8 Å². The first-order chi connectivity index (χ1) is 16.8. The molecule has 5 rings (SSSR count). The normalized spacial score (nSPS) is 16.5. The fourth-order valence-corrected chi connectivity index (χ4v) is 5.23. The largest absolute Gasteiger partial charge is 0.395 e. The van der Waals surface area contributed by atoms with Gasteiger partial charge in [-0.3, -0.25) is 9.59 Å². The van der Waals surface area contributed by atoms with Gasteiger partial charge in [-0.25, -0.2) is 4.68 Å². The third-order valence-corrected chi connectivity index (χ3v) is 7.24. The quantitative estimate of drug-likeness (QED) is 0.502. The predicted molar refractivity (Wildman–Crippen MR) is 134 cm³/mol.